The Bertz CT molecular complexity index is 734. The molecular weight excluding hydrogens is 328 g/mol. The van der Waals surface area contributed by atoms with E-state index < -0.39 is 39.7 Å². The van der Waals surface area contributed by atoms with Gasteiger partial charge in [-0.1, -0.05) is 12.1 Å². The lowest BCUT2D eigenvalue weighted by atomic mass is 9.94. The third-order valence-electron chi connectivity index (χ3n) is 2.96. The Balaban J connectivity index is 2.70. The zero-order valence-corrected chi connectivity index (χ0v) is 11.0. The minimum Gasteiger partial charge on any atom is -0.258 e. The van der Waals surface area contributed by atoms with Crippen LogP contribution >= 0.6 is 0 Å². The third-order valence-corrected chi connectivity index (χ3v) is 2.96. The summed E-state index contributed by atoms with van der Waals surface area (Å²) in [6, 6.07) is 6.83. The third kappa shape index (κ3) is 3.43. The molecule has 0 bridgehead atoms. The zero-order valence-electron chi connectivity index (χ0n) is 11.0. The van der Waals surface area contributed by atoms with Crippen molar-refractivity contribution in [2.75, 3.05) is 0 Å². The molecule has 0 fully saturated rings. The van der Waals surface area contributed by atoms with Gasteiger partial charge < -0.3 is 0 Å². The van der Waals surface area contributed by atoms with E-state index in [1.165, 1.54) is 0 Å². The number of nitro groups is 1. The first-order valence-electron chi connectivity index (χ1n) is 5.95. The molecule has 0 amide bonds. The van der Waals surface area contributed by atoms with Crippen LogP contribution in [-0.2, 0) is 12.4 Å². The maximum Gasteiger partial charge on any atom is 0.417 e. The summed E-state index contributed by atoms with van der Waals surface area (Å²) in [7, 11) is 0. The highest BCUT2D eigenvalue weighted by Gasteiger charge is 2.44. The van der Waals surface area contributed by atoms with E-state index in [4.69, 9.17) is 0 Å². The van der Waals surface area contributed by atoms with E-state index in [-0.39, 0.29) is 5.56 Å². The zero-order chi connectivity index (χ0) is 17.4. The van der Waals surface area contributed by atoms with Crippen LogP contribution in [0.25, 0.3) is 11.1 Å². The number of nitro benzene ring substituents is 1. The Morgan fingerprint density at radius 2 is 1.61 bits per heavy atom. The molecule has 0 aliphatic rings. The van der Waals surface area contributed by atoms with Gasteiger partial charge in [0, 0.05) is 6.07 Å². The SMILES string of the molecule is O=[N+]([O-])c1[c]cc(-c2cccc(C(F)(F)F)c2C(F)(F)F)cc1. The van der Waals surface area contributed by atoms with Crippen molar-refractivity contribution in [3.63, 3.8) is 0 Å². The van der Waals surface area contributed by atoms with Crippen LogP contribution in [0.4, 0.5) is 32.0 Å². The van der Waals surface area contributed by atoms with Crippen molar-refractivity contribution < 1.29 is 31.3 Å². The summed E-state index contributed by atoms with van der Waals surface area (Å²) in [6.45, 7) is 0. The smallest absolute Gasteiger partial charge is 0.258 e. The molecule has 0 aromatic heterocycles. The normalized spacial score (nSPS) is 12.3. The summed E-state index contributed by atoms with van der Waals surface area (Å²) < 4.78 is 77.9. The highest BCUT2D eigenvalue weighted by atomic mass is 19.4. The van der Waals surface area contributed by atoms with Crippen LogP contribution in [0.2, 0.25) is 0 Å². The molecule has 2 aromatic rings. The van der Waals surface area contributed by atoms with E-state index in [2.05, 4.69) is 6.07 Å². The number of halogens is 6. The van der Waals surface area contributed by atoms with Gasteiger partial charge in [-0.25, -0.2) is 0 Å². The lowest BCUT2D eigenvalue weighted by Gasteiger charge is -2.19. The highest BCUT2D eigenvalue weighted by molar-refractivity contribution is 5.70. The molecular formula is C14H6F6NO2. The summed E-state index contributed by atoms with van der Waals surface area (Å²) in [5, 5.41) is 10.5. The molecule has 0 spiro atoms. The molecule has 0 atom stereocenters. The van der Waals surface area contributed by atoms with Gasteiger partial charge in [0.1, 0.15) is 0 Å². The summed E-state index contributed by atoms with van der Waals surface area (Å²) >= 11 is 0. The Kier molecular flexibility index (Phi) is 4.06. The van der Waals surface area contributed by atoms with E-state index >= 15 is 0 Å². The predicted octanol–water partition coefficient (Wildman–Crippen LogP) is 5.10. The first-order valence-corrected chi connectivity index (χ1v) is 5.95. The van der Waals surface area contributed by atoms with E-state index in [9.17, 15) is 36.5 Å². The number of non-ortho nitro benzene ring substituents is 1. The second-order valence-electron chi connectivity index (χ2n) is 4.44. The van der Waals surface area contributed by atoms with Gasteiger partial charge in [0.2, 0.25) is 0 Å². The molecule has 0 aliphatic heterocycles. The predicted molar refractivity (Wildman–Crippen MR) is 67.4 cm³/mol. The van der Waals surface area contributed by atoms with Crippen LogP contribution in [-0.4, -0.2) is 4.92 Å². The minimum atomic E-state index is -5.25. The Labute approximate surface area is 125 Å². The molecule has 9 heteroatoms. The van der Waals surface area contributed by atoms with Gasteiger partial charge in [-0.05, 0) is 29.3 Å². The summed E-state index contributed by atoms with van der Waals surface area (Å²) in [6.07, 6.45) is -10.4. The molecule has 121 valence electrons. The summed E-state index contributed by atoms with van der Waals surface area (Å²) in [5.41, 5.74) is -5.14. The van der Waals surface area contributed by atoms with Gasteiger partial charge in [-0.3, -0.25) is 10.1 Å². The van der Waals surface area contributed by atoms with Gasteiger partial charge in [-0.2, -0.15) is 26.3 Å². The monoisotopic (exact) mass is 334 g/mol. The molecule has 0 heterocycles. The molecule has 23 heavy (non-hydrogen) atoms. The number of hydrogen-bond donors (Lipinski definition) is 0. The quantitative estimate of drug-likeness (QED) is 0.436. The highest BCUT2D eigenvalue weighted by Crippen LogP contribution is 2.45. The largest absolute Gasteiger partial charge is 0.417 e. The standard InChI is InChI=1S/C14H6F6NO2/c15-13(16,17)11-3-1-2-10(12(11)14(18,19)20)8-4-6-9(7-5-8)21(22)23/h1-6H. The van der Waals surface area contributed by atoms with Crippen LogP contribution < -0.4 is 0 Å². The van der Waals surface area contributed by atoms with E-state index in [1.54, 1.807) is 0 Å². The fraction of sp³-hybridized carbons (Fsp3) is 0.143. The Hall–Kier alpha value is -2.58. The number of rotatable bonds is 2. The molecule has 2 aromatic carbocycles. The number of nitrogens with zero attached hydrogens (tertiary/aromatic N) is 1. The molecule has 0 saturated heterocycles. The van der Waals surface area contributed by atoms with Gasteiger partial charge >= 0.3 is 12.4 Å². The topological polar surface area (TPSA) is 43.1 Å². The first kappa shape index (κ1) is 16.8. The lowest BCUT2D eigenvalue weighted by Crippen LogP contribution is -2.17. The van der Waals surface area contributed by atoms with Crippen LogP contribution in [0.3, 0.4) is 0 Å². The van der Waals surface area contributed by atoms with Gasteiger partial charge in [0.25, 0.3) is 5.69 Å². The van der Waals surface area contributed by atoms with Crippen molar-refractivity contribution in [3.8, 4) is 11.1 Å². The van der Waals surface area contributed by atoms with Crippen molar-refractivity contribution in [1.82, 2.24) is 0 Å². The molecule has 3 nitrogen and oxygen atoms in total. The summed E-state index contributed by atoms with van der Waals surface area (Å²) in [5.74, 6) is 0. The number of alkyl halides is 6. The van der Waals surface area contributed by atoms with Gasteiger partial charge in [-0.15, -0.1) is 0 Å². The molecule has 0 N–H and O–H groups in total. The fourth-order valence-electron chi connectivity index (χ4n) is 2.03. The van der Waals surface area contributed by atoms with E-state index in [0.29, 0.717) is 6.07 Å². The van der Waals surface area contributed by atoms with Crippen LogP contribution in [0, 0.1) is 16.2 Å². The fourth-order valence-corrected chi connectivity index (χ4v) is 2.03. The number of hydrogen-bond acceptors (Lipinski definition) is 2. The Morgan fingerprint density at radius 1 is 0.957 bits per heavy atom. The van der Waals surface area contributed by atoms with Gasteiger partial charge in [0.05, 0.1) is 22.1 Å². The summed E-state index contributed by atoms with van der Waals surface area (Å²) in [4.78, 5) is 9.69. The van der Waals surface area contributed by atoms with Gasteiger partial charge in [0.15, 0.2) is 0 Å². The maximum atomic E-state index is 13.1. The molecule has 0 saturated carbocycles. The van der Waals surface area contributed by atoms with Crippen LogP contribution in [0.5, 0.6) is 0 Å². The minimum absolute atomic E-state index is 0.256. The lowest BCUT2D eigenvalue weighted by molar-refractivity contribution is -0.385. The van der Waals surface area contributed by atoms with Crippen molar-refractivity contribution in [1.29, 1.82) is 0 Å². The Morgan fingerprint density at radius 3 is 2.04 bits per heavy atom. The van der Waals surface area contributed by atoms with Crippen LogP contribution in [0.15, 0.2) is 36.4 Å². The van der Waals surface area contributed by atoms with Crippen LogP contribution in [0.1, 0.15) is 11.1 Å². The van der Waals surface area contributed by atoms with Crippen molar-refractivity contribution in [3.05, 3.63) is 63.7 Å². The van der Waals surface area contributed by atoms with Crippen molar-refractivity contribution >= 4 is 5.69 Å². The molecule has 0 unspecified atom stereocenters. The first-order chi connectivity index (χ1) is 10.5. The van der Waals surface area contributed by atoms with E-state index in [1.807, 2.05) is 0 Å². The maximum absolute atomic E-state index is 13.1. The second-order valence-corrected chi connectivity index (χ2v) is 4.44. The van der Waals surface area contributed by atoms with E-state index in [0.717, 1.165) is 30.3 Å². The van der Waals surface area contributed by atoms with Crippen molar-refractivity contribution in [2.45, 2.75) is 12.4 Å². The molecule has 0 aliphatic carbocycles. The molecule has 1 radical (unpaired) electrons. The molecule has 2 rings (SSSR count). The average molecular weight is 334 g/mol. The van der Waals surface area contributed by atoms with Crippen molar-refractivity contribution in [2.24, 2.45) is 0 Å². The average Bonchev–Trinajstić information content (AvgIpc) is 2.44. The number of benzene rings is 2. The second kappa shape index (κ2) is 5.56.